The van der Waals surface area contributed by atoms with E-state index in [0.717, 1.165) is 19.1 Å². The highest BCUT2D eigenvalue weighted by atomic mass is 32.2. The number of carbonyl (C=O) groups is 2. The molecule has 1 atom stereocenters. The number of benzene rings is 1. The van der Waals surface area contributed by atoms with Gasteiger partial charge in [-0.1, -0.05) is 13.3 Å². The van der Waals surface area contributed by atoms with E-state index in [4.69, 9.17) is 9.94 Å². The van der Waals surface area contributed by atoms with Crippen LogP contribution in [0.5, 0.6) is 5.75 Å². The lowest BCUT2D eigenvalue weighted by molar-refractivity contribution is -0.135. The number of carbonyl (C=O) groups excluding carboxylic acids is 2. The fourth-order valence-corrected chi connectivity index (χ4v) is 3.96. The Morgan fingerprint density at radius 2 is 1.80 bits per heavy atom. The van der Waals surface area contributed by atoms with Gasteiger partial charge in [-0.05, 0) is 30.7 Å². The number of rotatable bonds is 10. The Kier molecular flexibility index (Phi) is 9.03. The molecule has 1 aliphatic heterocycles. The standard InChI is InChI=1S/C19H30N4O6S/c1-3-4-13-29-16-7-5-15(6-8-16)18(24)20-14-17(19(25)21-26)22-9-11-23(12-10-22)30(2,27)28/h5-8,17,26H,3-4,9-14H2,1-2H3,(H,20,24)(H,21,25). The van der Waals surface area contributed by atoms with E-state index in [-0.39, 0.29) is 25.5 Å². The Morgan fingerprint density at radius 3 is 2.33 bits per heavy atom. The molecule has 0 saturated carbocycles. The molecule has 30 heavy (non-hydrogen) atoms. The normalized spacial score (nSPS) is 16.6. The van der Waals surface area contributed by atoms with Crippen molar-refractivity contribution < 1.29 is 28.0 Å². The van der Waals surface area contributed by atoms with Gasteiger partial charge in [0.2, 0.25) is 10.0 Å². The molecule has 10 nitrogen and oxygen atoms in total. The molecule has 2 rings (SSSR count). The first-order valence-electron chi connectivity index (χ1n) is 9.90. The first kappa shape index (κ1) is 24.1. The fourth-order valence-electron chi connectivity index (χ4n) is 3.14. The number of nitrogens with one attached hydrogen (secondary N) is 2. The van der Waals surface area contributed by atoms with Crippen LogP contribution in [0.4, 0.5) is 0 Å². The molecule has 2 amide bonds. The number of nitrogens with zero attached hydrogens (tertiary/aromatic N) is 2. The zero-order valence-corrected chi connectivity index (χ0v) is 18.2. The number of unbranched alkanes of at least 4 members (excludes halogenated alkanes) is 1. The van der Waals surface area contributed by atoms with Crippen LogP contribution in [0.15, 0.2) is 24.3 Å². The van der Waals surface area contributed by atoms with Crippen LogP contribution in [0.2, 0.25) is 0 Å². The largest absolute Gasteiger partial charge is 0.494 e. The maximum Gasteiger partial charge on any atom is 0.262 e. The lowest BCUT2D eigenvalue weighted by atomic mass is 10.1. The zero-order chi connectivity index (χ0) is 22.1. The van der Waals surface area contributed by atoms with E-state index >= 15 is 0 Å². The average Bonchev–Trinajstić information content (AvgIpc) is 2.74. The van der Waals surface area contributed by atoms with Gasteiger partial charge >= 0.3 is 0 Å². The molecule has 11 heteroatoms. The molecule has 0 spiro atoms. The number of ether oxygens (including phenoxy) is 1. The molecule has 1 aromatic rings. The zero-order valence-electron chi connectivity index (χ0n) is 17.3. The number of hydrogen-bond acceptors (Lipinski definition) is 7. The molecule has 0 aromatic heterocycles. The predicted molar refractivity (Wildman–Crippen MR) is 111 cm³/mol. The summed E-state index contributed by atoms with van der Waals surface area (Å²) < 4.78 is 30.2. The lowest BCUT2D eigenvalue weighted by Gasteiger charge is -2.37. The van der Waals surface area contributed by atoms with Crippen LogP contribution in [0, 0.1) is 0 Å². The van der Waals surface area contributed by atoms with Gasteiger partial charge in [0, 0.05) is 38.3 Å². The van der Waals surface area contributed by atoms with Gasteiger partial charge in [-0.2, -0.15) is 4.31 Å². The van der Waals surface area contributed by atoms with Crippen LogP contribution in [0.3, 0.4) is 0 Å². The Morgan fingerprint density at radius 1 is 1.17 bits per heavy atom. The third-order valence-corrected chi connectivity index (χ3v) is 6.24. The summed E-state index contributed by atoms with van der Waals surface area (Å²) in [5, 5.41) is 11.8. The number of piperazine rings is 1. The van der Waals surface area contributed by atoms with Crippen LogP contribution in [-0.2, 0) is 14.8 Å². The SMILES string of the molecule is CCCCOc1ccc(C(=O)NCC(C(=O)NO)N2CCN(S(C)(=O)=O)CC2)cc1. The Balaban J connectivity index is 1.93. The third kappa shape index (κ3) is 6.94. The van der Waals surface area contributed by atoms with Gasteiger partial charge in [0.15, 0.2) is 0 Å². The van der Waals surface area contributed by atoms with E-state index in [0.29, 0.717) is 31.0 Å². The summed E-state index contributed by atoms with van der Waals surface area (Å²) in [6.45, 7) is 3.76. The van der Waals surface area contributed by atoms with Crippen molar-refractivity contribution in [1.82, 2.24) is 20.0 Å². The summed E-state index contributed by atoms with van der Waals surface area (Å²) in [4.78, 5) is 26.3. The van der Waals surface area contributed by atoms with Crippen molar-refractivity contribution in [2.24, 2.45) is 0 Å². The number of amides is 2. The quantitative estimate of drug-likeness (QED) is 0.265. The highest BCUT2D eigenvalue weighted by molar-refractivity contribution is 7.88. The Labute approximate surface area is 177 Å². The van der Waals surface area contributed by atoms with Gasteiger partial charge < -0.3 is 10.1 Å². The first-order chi connectivity index (χ1) is 14.3. The summed E-state index contributed by atoms with van der Waals surface area (Å²) in [7, 11) is -3.30. The summed E-state index contributed by atoms with van der Waals surface area (Å²) in [5.74, 6) is -0.343. The maximum atomic E-state index is 12.4. The minimum absolute atomic E-state index is 0.0289. The second-order valence-corrected chi connectivity index (χ2v) is 9.11. The van der Waals surface area contributed by atoms with Crippen molar-refractivity contribution in [2.75, 3.05) is 45.6 Å². The minimum Gasteiger partial charge on any atom is -0.494 e. The summed E-state index contributed by atoms with van der Waals surface area (Å²) >= 11 is 0. The second kappa shape index (κ2) is 11.3. The highest BCUT2D eigenvalue weighted by Crippen LogP contribution is 2.13. The molecular formula is C19H30N4O6S. The number of hydroxylamine groups is 1. The molecule has 0 aliphatic carbocycles. The van der Waals surface area contributed by atoms with Crippen molar-refractivity contribution in [3.05, 3.63) is 29.8 Å². The summed E-state index contributed by atoms with van der Waals surface area (Å²) in [6, 6.07) is 5.89. The van der Waals surface area contributed by atoms with Gasteiger partial charge in [0.25, 0.3) is 11.8 Å². The Bertz CT molecular complexity index is 807. The van der Waals surface area contributed by atoms with Gasteiger partial charge in [0.1, 0.15) is 11.8 Å². The van der Waals surface area contributed by atoms with E-state index in [1.165, 1.54) is 4.31 Å². The van der Waals surface area contributed by atoms with Crippen LogP contribution in [0.1, 0.15) is 30.1 Å². The van der Waals surface area contributed by atoms with Gasteiger partial charge in [-0.3, -0.25) is 19.7 Å². The van der Waals surface area contributed by atoms with Crippen LogP contribution in [0.25, 0.3) is 0 Å². The molecule has 0 bridgehead atoms. The van der Waals surface area contributed by atoms with Gasteiger partial charge in [-0.15, -0.1) is 0 Å². The van der Waals surface area contributed by atoms with E-state index in [1.54, 1.807) is 34.6 Å². The van der Waals surface area contributed by atoms with Crippen molar-refractivity contribution in [1.29, 1.82) is 0 Å². The van der Waals surface area contributed by atoms with E-state index in [2.05, 4.69) is 12.2 Å². The van der Waals surface area contributed by atoms with E-state index in [1.807, 2.05) is 0 Å². The van der Waals surface area contributed by atoms with E-state index < -0.39 is 22.0 Å². The predicted octanol–water partition coefficient (Wildman–Crippen LogP) is 0.0465. The number of hydrogen-bond donors (Lipinski definition) is 3. The van der Waals surface area contributed by atoms with Crippen molar-refractivity contribution >= 4 is 21.8 Å². The van der Waals surface area contributed by atoms with Gasteiger partial charge in [0.05, 0.1) is 12.9 Å². The fraction of sp³-hybridized carbons (Fsp3) is 0.579. The van der Waals surface area contributed by atoms with Crippen LogP contribution in [-0.4, -0.2) is 86.3 Å². The summed E-state index contributed by atoms with van der Waals surface area (Å²) in [5.41, 5.74) is 2.04. The molecule has 1 saturated heterocycles. The molecule has 168 valence electrons. The minimum atomic E-state index is -3.30. The molecular weight excluding hydrogens is 412 g/mol. The first-order valence-corrected chi connectivity index (χ1v) is 11.7. The molecule has 0 radical (unpaired) electrons. The van der Waals surface area contributed by atoms with Crippen molar-refractivity contribution in [3.63, 3.8) is 0 Å². The third-order valence-electron chi connectivity index (χ3n) is 4.93. The molecule has 1 fully saturated rings. The highest BCUT2D eigenvalue weighted by Gasteiger charge is 2.31. The monoisotopic (exact) mass is 442 g/mol. The van der Waals surface area contributed by atoms with Gasteiger partial charge in [-0.25, -0.2) is 13.9 Å². The maximum absolute atomic E-state index is 12.4. The van der Waals surface area contributed by atoms with Crippen LogP contribution >= 0.6 is 0 Å². The lowest BCUT2D eigenvalue weighted by Crippen LogP contribution is -2.58. The van der Waals surface area contributed by atoms with E-state index in [9.17, 15) is 18.0 Å². The summed E-state index contributed by atoms with van der Waals surface area (Å²) in [6.07, 6.45) is 3.13. The molecule has 3 N–H and O–H groups in total. The molecule has 1 aliphatic rings. The number of sulfonamides is 1. The average molecular weight is 443 g/mol. The second-order valence-electron chi connectivity index (χ2n) is 7.13. The van der Waals surface area contributed by atoms with Crippen LogP contribution < -0.4 is 15.5 Å². The molecule has 1 heterocycles. The Hall–Kier alpha value is -2.21. The van der Waals surface area contributed by atoms with Crippen molar-refractivity contribution in [2.45, 2.75) is 25.8 Å². The smallest absolute Gasteiger partial charge is 0.262 e. The van der Waals surface area contributed by atoms with Crippen molar-refractivity contribution in [3.8, 4) is 5.75 Å². The molecule has 1 aromatic carbocycles. The topological polar surface area (TPSA) is 128 Å². The molecule has 1 unspecified atom stereocenters.